The van der Waals surface area contributed by atoms with Crippen LogP contribution in [-0.2, 0) is 13.2 Å². The van der Waals surface area contributed by atoms with Crippen LogP contribution in [0, 0.1) is 17.6 Å². The number of aromatic nitrogens is 2. The number of ether oxygens (including phenoxy) is 2. The van der Waals surface area contributed by atoms with Gasteiger partial charge in [0.15, 0.2) is 11.5 Å². The molecular weight excluding hydrogens is 381 g/mol. The number of benzene rings is 2. The van der Waals surface area contributed by atoms with E-state index in [4.69, 9.17) is 26.1 Å². The van der Waals surface area contributed by atoms with Crippen LogP contribution >= 0.6 is 12.2 Å². The van der Waals surface area contributed by atoms with E-state index < -0.39 is 5.82 Å². The highest BCUT2D eigenvalue weighted by atomic mass is 32.1. The molecule has 0 atom stereocenters. The minimum Gasteiger partial charge on any atom is -0.493 e. The van der Waals surface area contributed by atoms with Crippen LogP contribution in [-0.4, -0.2) is 35.9 Å². The molecule has 0 N–H and O–H groups in total. The number of methoxy groups -OCH3 is 2. The first-order valence-corrected chi connectivity index (χ1v) is 9.06. The fourth-order valence-electron chi connectivity index (χ4n) is 2.90. The van der Waals surface area contributed by atoms with E-state index in [1.807, 2.05) is 31.0 Å². The van der Waals surface area contributed by atoms with Gasteiger partial charge in [0.1, 0.15) is 5.82 Å². The summed E-state index contributed by atoms with van der Waals surface area (Å²) in [6, 6.07) is 10.2. The zero-order valence-corrected chi connectivity index (χ0v) is 17.0. The predicted octanol–water partition coefficient (Wildman–Crippen LogP) is 4.43. The van der Waals surface area contributed by atoms with Crippen molar-refractivity contribution in [3.63, 3.8) is 0 Å². The number of aryl methyl sites for hydroxylation is 1. The molecular formula is C20H22FN3O3S. The molecule has 3 rings (SSSR count). The Labute approximate surface area is 168 Å². The van der Waals surface area contributed by atoms with Crippen LogP contribution in [0.2, 0.25) is 0 Å². The number of rotatable bonds is 7. The van der Waals surface area contributed by atoms with Gasteiger partial charge >= 0.3 is 0 Å². The van der Waals surface area contributed by atoms with Gasteiger partial charge in [0.2, 0.25) is 5.89 Å². The lowest BCUT2D eigenvalue weighted by Crippen LogP contribution is -2.23. The molecule has 1 heterocycles. The molecule has 1 aromatic heterocycles. The van der Waals surface area contributed by atoms with E-state index in [1.165, 1.54) is 10.7 Å². The van der Waals surface area contributed by atoms with Gasteiger partial charge in [-0.25, -0.2) is 9.07 Å². The Bertz CT molecular complexity index is 1030. The molecule has 8 heteroatoms. The molecule has 6 nitrogen and oxygen atoms in total. The van der Waals surface area contributed by atoms with Crippen LogP contribution in [0.1, 0.15) is 11.1 Å². The average molecular weight is 403 g/mol. The van der Waals surface area contributed by atoms with E-state index in [1.54, 1.807) is 32.4 Å². The largest absolute Gasteiger partial charge is 0.493 e. The van der Waals surface area contributed by atoms with Gasteiger partial charge in [0.25, 0.3) is 4.84 Å². The molecule has 0 amide bonds. The molecule has 2 aromatic carbocycles. The molecule has 0 fully saturated rings. The third-order valence-electron chi connectivity index (χ3n) is 4.37. The first kappa shape index (κ1) is 20.0. The Kier molecular flexibility index (Phi) is 6.11. The summed E-state index contributed by atoms with van der Waals surface area (Å²) in [4.78, 5) is 2.21. The number of hydrogen-bond donors (Lipinski definition) is 0. The van der Waals surface area contributed by atoms with Crippen molar-refractivity contribution in [2.75, 3.05) is 21.3 Å². The molecule has 0 bridgehead atoms. The van der Waals surface area contributed by atoms with Crippen LogP contribution < -0.4 is 9.47 Å². The SMILES string of the molecule is COc1cc(C)c(CN(C)Cn2nc(-c3ccccc3F)oc2=S)cc1OC. The Morgan fingerprint density at radius 1 is 1.18 bits per heavy atom. The van der Waals surface area contributed by atoms with Gasteiger partial charge in [0.05, 0.1) is 26.5 Å². The maximum atomic E-state index is 14.0. The Morgan fingerprint density at radius 3 is 2.54 bits per heavy atom. The van der Waals surface area contributed by atoms with Gasteiger partial charge in [-0.1, -0.05) is 12.1 Å². The molecule has 148 valence electrons. The summed E-state index contributed by atoms with van der Waals surface area (Å²) < 4.78 is 31.7. The molecule has 0 radical (unpaired) electrons. The Balaban J connectivity index is 1.78. The van der Waals surface area contributed by atoms with Gasteiger partial charge < -0.3 is 13.9 Å². The number of nitrogens with zero attached hydrogens (tertiary/aromatic N) is 3. The fourth-order valence-corrected chi connectivity index (χ4v) is 3.08. The molecule has 0 unspecified atom stereocenters. The summed E-state index contributed by atoms with van der Waals surface area (Å²) in [5.41, 5.74) is 2.45. The second-order valence-corrected chi connectivity index (χ2v) is 6.79. The van der Waals surface area contributed by atoms with E-state index in [0.29, 0.717) is 24.7 Å². The average Bonchev–Trinajstić information content (AvgIpc) is 3.03. The minimum absolute atomic E-state index is 0.166. The van der Waals surface area contributed by atoms with Crippen molar-refractivity contribution >= 4 is 12.2 Å². The number of halogens is 1. The smallest absolute Gasteiger partial charge is 0.288 e. The van der Waals surface area contributed by atoms with Gasteiger partial charge in [-0.3, -0.25) is 4.90 Å². The summed E-state index contributed by atoms with van der Waals surface area (Å²) in [5.74, 6) is 1.13. The highest BCUT2D eigenvalue weighted by Crippen LogP contribution is 2.30. The van der Waals surface area contributed by atoms with Crippen molar-refractivity contribution < 1.29 is 18.3 Å². The molecule has 0 saturated heterocycles. The highest BCUT2D eigenvalue weighted by Gasteiger charge is 2.15. The summed E-state index contributed by atoms with van der Waals surface area (Å²) in [6.07, 6.45) is 0. The zero-order valence-electron chi connectivity index (χ0n) is 16.2. The van der Waals surface area contributed by atoms with Crippen molar-refractivity contribution in [3.8, 4) is 23.0 Å². The lowest BCUT2D eigenvalue weighted by atomic mass is 10.1. The molecule has 0 saturated carbocycles. The Morgan fingerprint density at radius 2 is 1.86 bits per heavy atom. The predicted molar refractivity (Wildman–Crippen MR) is 106 cm³/mol. The molecule has 0 aliphatic rings. The van der Waals surface area contributed by atoms with Gasteiger partial charge in [-0.15, -0.1) is 5.10 Å². The van der Waals surface area contributed by atoms with Crippen LogP contribution in [0.3, 0.4) is 0 Å². The van der Waals surface area contributed by atoms with Crippen molar-refractivity contribution in [1.29, 1.82) is 0 Å². The van der Waals surface area contributed by atoms with Gasteiger partial charge in [-0.05, 0) is 61.6 Å². The maximum Gasteiger partial charge on any atom is 0.288 e. The first-order valence-electron chi connectivity index (χ1n) is 8.65. The zero-order chi connectivity index (χ0) is 20.3. The van der Waals surface area contributed by atoms with Crippen molar-refractivity contribution in [2.24, 2.45) is 0 Å². The second kappa shape index (κ2) is 8.53. The van der Waals surface area contributed by atoms with Gasteiger partial charge in [0, 0.05) is 6.54 Å². The molecule has 0 aliphatic carbocycles. The summed E-state index contributed by atoms with van der Waals surface area (Å²) in [6.45, 7) is 3.05. The summed E-state index contributed by atoms with van der Waals surface area (Å²) >= 11 is 5.25. The lowest BCUT2D eigenvalue weighted by molar-refractivity contribution is 0.240. The molecule has 3 aromatic rings. The second-order valence-electron chi connectivity index (χ2n) is 6.44. The van der Waals surface area contributed by atoms with E-state index >= 15 is 0 Å². The standard InChI is InChI=1S/C20H22FN3O3S/c1-13-9-17(25-3)18(26-4)10-14(13)11-23(2)12-24-20(28)27-19(22-24)15-7-5-6-8-16(15)21/h5-10H,11-12H2,1-4H3. The van der Waals surface area contributed by atoms with E-state index in [9.17, 15) is 4.39 Å². The topological polar surface area (TPSA) is 52.7 Å². The van der Waals surface area contributed by atoms with E-state index in [0.717, 1.165) is 11.1 Å². The minimum atomic E-state index is -0.403. The van der Waals surface area contributed by atoms with E-state index in [-0.39, 0.29) is 16.3 Å². The van der Waals surface area contributed by atoms with Crippen molar-refractivity contribution in [1.82, 2.24) is 14.7 Å². The maximum absolute atomic E-state index is 14.0. The highest BCUT2D eigenvalue weighted by molar-refractivity contribution is 7.71. The molecule has 28 heavy (non-hydrogen) atoms. The van der Waals surface area contributed by atoms with Crippen molar-refractivity contribution in [2.45, 2.75) is 20.1 Å². The van der Waals surface area contributed by atoms with Crippen LogP contribution in [0.15, 0.2) is 40.8 Å². The van der Waals surface area contributed by atoms with E-state index in [2.05, 4.69) is 5.10 Å². The third-order valence-corrected chi connectivity index (χ3v) is 4.66. The summed E-state index contributed by atoms with van der Waals surface area (Å²) in [7, 11) is 5.16. The molecule has 0 spiro atoms. The Hall–Kier alpha value is -2.71. The third kappa shape index (κ3) is 4.23. The fraction of sp³-hybridized carbons (Fsp3) is 0.300. The number of hydrogen-bond acceptors (Lipinski definition) is 6. The summed E-state index contributed by atoms with van der Waals surface area (Å²) in [5, 5.41) is 4.33. The molecule has 0 aliphatic heterocycles. The quantitative estimate of drug-likeness (QED) is 0.544. The monoisotopic (exact) mass is 403 g/mol. The first-order chi connectivity index (χ1) is 13.4. The van der Waals surface area contributed by atoms with Crippen LogP contribution in [0.5, 0.6) is 11.5 Å². The van der Waals surface area contributed by atoms with Gasteiger partial charge in [-0.2, -0.15) is 0 Å². The normalized spacial score (nSPS) is 11.1. The van der Waals surface area contributed by atoms with Crippen LogP contribution in [0.25, 0.3) is 11.5 Å². The van der Waals surface area contributed by atoms with Crippen LogP contribution in [0.4, 0.5) is 4.39 Å². The van der Waals surface area contributed by atoms with Crippen molar-refractivity contribution in [3.05, 3.63) is 58.2 Å². The lowest BCUT2D eigenvalue weighted by Gasteiger charge is -2.19.